The molecule has 2 heterocycles. The Labute approximate surface area is 140 Å². The van der Waals surface area contributed by atoms with Gasteiger partial charge in [-0.15, -0.1) is 0 Å². The number of nitrogens with two attached hydrogens (primary N) is 1. The maximum absolute atomic E-state index is 11.9. The van der Waals surface area contributed by atoms with Crippen molar-refractivity contribution in [2.45, 2.75) is 6.42 Å². The zero-order valence-corrected chi connectivity index (χ0v) is 13.5. The average Bonchev–Trinajstić information content (AvgIpc) is 2.84. The Bertz CT molecular complexity index is 802. The fraction of sp³-hybridized carbons (Fsp3) is 0.222. The summed E-state index contributed by atoms with van der Waals surface area (Å²) >= 11 is 5.96. The van der Waals surface area contributed by atoms with Crippen LogP contribution in [0.4, 0.5) is 5.69 Å². The standard InChI is InChI=1S/C18H16ClN3O/c1-22-8-7-13(18(22)23)6-5-12-3-2-4-14(9-12)16-10-15(20)11-17(19)21-16/h2-4,9-11,13H,7-8H2,1H3,(H2,20,21). The predicted octanol–water partition coefficient (Wildman–Crippen LogP) is 2.81. The number of halogens is 1. The van der Waals surface area contributed by atoms with Gasteiger partial charge in [0.1, 0.15) is 11.1 Å². The number of rotatable bonds is 1. The Morgan fingerprint density at radius 1 is 1.35 bits per heavy atom. The maximum atomic E-state index is 11.9. The fourth-order valence-electron chi connectivity index (χ4n) is 2.55. The molecule has 0 saturated carbocycles. The first-order valence-corrected chi connectivity index (χ1v) is 7.71. The summed E-state index contributed by atoms with van der Waals surface area (Å²) in [5.41, 5.74) is 8.81. The summed E-state index contributed by atoms with van der Waals surface area (Å²) in [6.45, 7) is 0.768. The lowest BCUT2D eigenvalue weighted by Gasteiger charge is -2.05. The van der Waals surface area contributed by atoms with E-state index in [0.717, 1.165) is 24.1 Å². The highest BCUT2D eigenvalue weighted by atomic mass is 35.5. The minimum atomic E-state index is -0.205. The first-order chi connectivity index (χ1) is 11.0. The Morgan fingerprint density at radius 2 is 2.17 bits per heavy atom. The quantitative estimate of drug-likeness (QED) is 0.648. The highest BCUT2D eigenvalue weighted by Crippen LogP contribution is 2.23. The van der Waals surface area contributed by atoms with Crippen LogP contribution in [0.25, 0.3) is 11.3 Å². The molecule has 0 spiro atoms. The van der Waals surface area contributed by atoms with Gasteiger partial charge >= 0.3 is 0 Å². The second-order valence-corrected chi connectivity index (χ2v) is 5.95. The van der Waals surface area contributed by atoms with Gasteiger partial charge in [0.25, 0.3) is 0 Å². The largest absolute Gasteiger partial charge is 0.399 e. The summed E-state index contributed by atoms with van der Waals surface area (Å²) in [5.74, 6) is 6.04. The highest BCUT2D eigenvalue weighted by molar-refractivity contribution is 6.29. The van der Waals surface area contributed by atoms with E-state index < -0.39 is 0 Å². The molecule has 1 aliphatic rings. The van der Waals surface area contributed by atoms with Gasteiger partial charge in [0.15, 0.2) is 0 Å². The molecule has 1 aromatic carbocycles. The van der Waals surface area contributed by atoms with Crippen molar-refractivity contribution in [1.29, 1.82) is 0 Å². The Balaban J connectivity index is 1.88. The number of pyridine rings is 1. The molecule has 1 fully saturated rings. The second-order valence-electron chi connectivity index (χ2n) is 5.56. The number of aromatic nitrogens is 1. The summed E-state index contributed by atoms with van der Waals surface area (Å²) in [4.78, 5) is 17.9. The number of carbonyl (C=O) groups is 1. The number of amides is 1. The van der Waals surface area contributed by atoms with Crippen molar-refractivity contribution in [2.75, 3.05) is 19.3 Å². The average molecular weight is 326 g/mol. The Kier molecular flexibility index (Phi) is 4.22. The molecule has 116 valence electrons. The van der Waals surface area contributed by atoms with E-state index in [9.17, 15) is 4.79 Å². The van der Waals surface area contributed by atoms with Gasteiger partial charge in [-0.25, -0.2) is 4.98 Å². The zero-order valence-electron chi connectivity index (χ0n) is 12.7. The normalized spacial score (nSPS) is 17.0. The maximum Gasteiger partial charge on any atom is 0.237 e. The van der Waals surface area contributed by atoms with Crippen molar-refractivity contribution >= 4 is 23.2 Å². The van der Waals surface area contributed by atoms with Crippen LogP contribution in [0.15, 0.2) is 36.4 Å². The van der Waals surface area contributed by atoms with Crippen molar-refractivity contribution in [3.63, 3.8) is 0 Å². The van der Waals surface area contributed by atoms with E-state index in [1.54, 1.807) is 24.1 Å². The molecule has 1 aliphatic heterocycles. The molecule has 2 aromatic rings. The van der Waals surface area contributed by atoms with Gasteiger partial charge < -0.3 is 10.6 Å². The van der Waals surface area contributed by atoms with Gasteiger partial charge in [-0.1, -0.05) is 35.6 Å². The summed E-state index contributed by atoms with van der Waals surface area (Å²) < 4.78 is 0. The van der Waals surface area contributed by atoms with Crippen LogP contribution < -0.4 is 5.73 Å². The third kappa shape index (κ3) is 3.46. The molecule has 0 radical (unpaired) electrons. The van der Waals surface area contributed by atoms with Gasteiger partial charge in [0.2, 0.25) is 5.91 Å². The Hall–Kier alpha value is -2.51. The van der Waals surface area contributed by atoms with E-state index in [2.05, 4.69) is 16.8 Å². The Morgan fingerprint density at radius 3 is 2.87 bits per heavy atom. The van der Waals surface area contributed by atoms with E-state index in [0.29, 0.717) is 16.5 Å². The van der Waals surface area contributed by atoms with Crippen molar-refractivity contribution < 1.29 is 4.79 Å². The number of hydrogen-bond acceptors (Lipinski definition) is 3. The summed E-state index contributed by atoms with van der Waals surface area (Å²) in [6, 6.07) is 11.0. The van der Waals surface area contributed by atoms with Crippen molar-refractivity contribution in [2.24, 2.45) is 5.92 Å². The third-order valence-corrected chi connectivity index (χ3v) is 3.99. The van der Waals surface area contributed by atoms with Crippen LogP contribution in [-0.4, -0.2) is 29.4 Å². The first-order valence-electron chi connectivity index (χ1n) is 7.33. The molecular formula is C18H16ClN3O. The number of nitrogens with zero attached hydrogens (tertiary/aromatic N) is 2. The van der Waals surface area contributed by atoms with Crippen LogP contribution >= 0.6 is 11.6 Å². The van der Waals surface area contributed by atoms with E-state index in [-0.39, 0.29) is 11.8 Å². The van der Waals surface area contributed by atoms with E-state index in [1.165, 1.54) is 0 Å². The summed E-state index contributed by atoms with van der Waals surface area (Å²) in [7, 11) is 1.81. The van der Waals surface area contributed by atoms with Crippen LogP contribution in [0.2, 0.25) is 5.15 Å². The topological polar surface area (TPSA) is 59.2 Å². The molecule has 2 N–H and O–H groups in total. The predicted molar refractivity (Wildman–Crippen MR) is 91.7 cm³/mol. The smallest absolute Gasteiger partial charge is 0.237 e. The van der Waals surface area contributed by atoms with Crippen molar-refractivity contribution in [3.8, 4) is 23.1 Å². The van der Waals surface area contributed by atoms with Gasteiger partial charge in [-0.3, -0.25) is 4.79 Å². The number of nitrogen functional groups attached to an aromatic ring is 1. The van der Waals surface area contributed by atoms with Gasteiger partial charge in [-0.2, -0.15) is 0 Å². The van der Waals surface area contributed by atoms with Crippen molar-refractivity contribution in [1.82, 2.24) is 9.88 Å². The highest BCUT2D eigenvalue weighted by Gasteiger charge is 2.26. The lowest BCUT2D eigenvalue weighted by Crippen LogP contribution is -2.21. The van der Waals surface area contributed by atoms with Crippen LogP contribution in [0.3, 0.4) is 0 Å². The lowest BCUT2D eigenvalue weighted by atomic mass is 10.1. The number of hydrogen-bond donors (Lipinski definition) is 1. The molecule has 1 aromatic heterocycles. The van der Waals surface area contributed by atoms with E-state index >= 15 is 0 Å². The van der Waals surface area contributed by atoms with Crippen LogP contribution in [0.5, 0.6) is 0 Å². The molecular weight excluding hydrogens is 310 g/mol. The lowest BCUT2D eigenvalue weighted by molar-refractivity contribution is -0.128. The molecule has 1 amide bonds. The summed E-state index contributed by atoms with van der Waals surface area (Å²) in [5, 5.41) is 0.357. The van der Waals surface area contributed by atoms with Crippen LogP contribution in [0, 0.1) is 17.8 Å². The minimum Gasteiger partial charge on any atom is -0.399 e. The molecule has 4 nitrogen and oxygen atoms in total. The first kappa shape index (κ1) is 15.4. The molecule has 0 bridgehead atoms. The number of benzene rings is 1. The molecule has 1 saturated heterocycles. The van der Waals surface area contributed by atoms with Gasteiger partial charge in [0.05, 0.1) is 5.69 Å². The number of likely N-dealkylation sites (tertiary alicyclic amines) is 1. The van der Waals surface area contributed by atoms with Crippen LogP contribution in [0.1, 0.15) is 12.0 Å². The number of anilines is 1. The van der Waals surface area contributed by atoms with Gasteiger partial charge in [-0.05, 0) is 30.7 Å². The molecule has 0 aliphatic carbocycles. The van der Waals surface area contributed by atoms with E-state index in [1.807, 2.05) is 24.3 Å². The SMILES string of the molecule is CN1CCC(C#Cc2cccc(-c3cc(N)cc(Cl)n3)c2)C1=O. The second kappa shape index (κ2) is 6.31. The van der Waals surface area contributed by atoms with Crippen molar-refractivity contribution in [3.05, 3.63) is 47.1 Å². The van der Waals surface area contributed by atoms with Crippen LogP contribution in [-0.2, 0) is 4.79 Å². The molecule has 23 heavy (non-hydrogen) atoms. The summed E-state index contributed by atoms with van der Waals surface area (Å²) in [6.07, 6.45) is 0.786. The molecule has 1 atom stereocenters. The van der Waals surface area contributed by atoms with Gasteiger partial charge in [0, 0.05) is 30.4 Å². The molecule has 1 unspecified atom stereocenters. The van der Waals surface area contributed by atoms with E-state index in [4.69, 9.17) is 17.3 Å². The molecule has 3 rings (SSSR count). The monoisotopic (exact) mass is 325 g/mol. The molecule has 5 heteroatoms. The number of carbonyl (C=O) groups excluding carboxylic acids is 1. The fourth-order valence-corrected chi connectivity index (χ4v) is 2.76. The minimum absolute atomic E-state index is 0.0953. The third-order valence-electron chi connectivity index (χ3n) is 3.79. The zero-order chi connectivity index (χ0) is 16.4.